The average molecular weight is 334 g/mol. The second-order valence-corrected chi connectivity index (χ2v) is 5.77. The summed E-state index contributed by atoms with van der Waals surface area (Å²) in [6.45, 7) is 7.52. The summed E-state index contributed by atoms with van der Waals surface area (Å²) in [5.41, 5.74) is 2.21. The van der Waals surface area contributed by atoms with Crippen molar-refractivity contribution in [2.75, 3.05) is 0 Å². The molecular weight excluding hydrogens is 317 g/mol. The van der Waals surface area contributed by atoms with E-state index in [0.717, 1.165) is 11.1 Å². The second kappa shape index (κ2) is 7.59. The van der Waals surface area contributed by atoms with Crippen molar-refractivity contribution in [1.82, 2.24) is 4.98 Å². The van der Waals surface area contributed by atoms with E-state index in [4.69, 9.17) is 23.2 Å². The Balaban J connectivity index is 2.46. The molecule has 2 atom stereocenters. The van der Waals surface area contributed by atoms with Gasteiger partial charge >= 0.3 is 0 Å². The maximum Gasteiger partial charge on any atom is 0.0882 e. The lowest BCUT2D eigenvalue weighted by Gasteiger charge is -2.24. The zero-order valence-electron chi connectivity index (χ0n) is 12.0. The third-order valence-corrected chi connectivity index (χ3v) is 4.11. The van der Waals surface area contributed by atoms with Crippen LogP contribution in [0.25, 0.3) is 6.08 Å². The van der Waals surface area contributed by atoms with Crippen LogP contribution in [0.15, 0.2) is 55.8 Å². The maximum atomic E-state index is 10.8. The SMILES string of the molecule is C=CCC(c1ccc(Cl)cc1Cl)C(O)c1cccnc1C=C. The molecule has 0 aliphatic carbocycles. The van der Waals surface area contributed by atoms with E-state index >= 15 is 0 Å². The van der Waals surface area contributed by atoms with Gasteiger partial charge in [0.15, 0.2) is 0 Å². The molecule has 2 aromatic rings. The maximum absolute atomic E-state index is 10.8. The quantitative estimate of drug-likeness (QED) is 0.715. The summed E-state index contributed by atoms with van der Waals surface area (Å²) in [4.78, 5) is 4.23. The Morgan fingerprint density at radius 1 is 1.18 bits per heavy atom. The van der Waals surface area contributed by atoms with Gasteiger partial charge in [-0.05, 0) is 36.3 Å². The third-order valence-electron chi connectivity index (χ3n) is 3.55. The molecule has 0 fully saturated rings. The highest BCUT2D eigenvalue weighted by molar-refractivity contribution is 6.35. The van der Waals surface area contributed by atoms with Crippen molar-refractivity contribution in [2.45, 2.75) is 18.4 Å². The highest BCUT2D eigenvalue weighted by atomic mass is 35.5. The van der Waals surface area contributed by atoms with Crippen LogP contribution >= 0.6 is 23.2 Å². The lowest BCUT2D eigenvalue weighted by Crippen LogP contribution is -2.13. The Bertz CT molecular complexity index is 685. The van der Waals surface area contributed by atoms with Crippen LogP contribution in [0.4, 0.5) is 0 Å². The van der Waals surface area contributed by atoms with Crippen molar-refractivity contribution in [1.29, 1.82) is 0 Å². The van der Waals surface area contributed by atoms with Gasteiger partial charge in [0.1, 0.15) is 0 Å². The largest absolute Gasteiger partial charge is 0.388 e. The molecule has 114 valence electrons. The second-order valence-electron chi connectivity index (χ2n) is 4.92. The molecule has 1 aromatic heterocycles. The van der Waals surface area contributed by atoms with E-state index < -0.39 is 6.10 Å². The Morgan fingerprint density at radius 3 is 2.59 bits per heavy atom. The van der Waals surface area contributed by atoms with Gasteiger partial charge in [0.2, 0.25) is 0 Å². The molecule has 4 heteroatoms. The van der Waals surface area contributed by atoms with Gasteiger partial charge in [-0.3, -0.25) is 4.98 Å². The van der Waals surface area contributed by atoms with Crippen LogP contribution in [0.3, 0.4) is 0 Å². The van der Waals surface area contributed by atoms with Crippen molar-refractivity contribution < 1.29 is 5.11 Å². The first-order valence-corrected chi connectivity index (χ1v) is 7.65. The van der Waals surface area contributed by atoms with E-state index in [1.807, 2.05) is 12.1 Å². The van der Waals surface area contributed by atoms with Crippen molar-refractivity contribution in [3.63, 3.8) is 0 Å². The monoisotopic (exact) mass is 333 g/mol. The molecule has 2 unspecified atom stereocenters. The minimum absolute atomic E-state index is 0.231. The van der Waals surface area contributed by atoms with Gasteiger partial charge in [0.05, 0.1) is 11.8 Å². The lowest BCUT2D eigenvalue weighted by molar-refractivity contribution is 0.145. The first-order chi connectivity index (χ1) is 10.6. The van der Waals surface area contributed by atoms with Gasteiger partial charge in [-0.15, -0.1) is 6.58 Å². The van der Waals surface area contributed by atoms with Crippen LogP contribution < -0.4 is 0 Å². The molecule has 0 spiro atoms. The molecule has 0 aliphatic heterocycles. The summed E-state index contributed by atoms with van der Waals surface area (Å²) >= 11 is 12.3. The fraction of sp³-hybridized carbons (Fsp3) is 0.167. The normalized spacial score (nSPS) is 13.4. The van der Waals surface area contributed by atoms with Gasteiger partial charge < -0.3 is 5.11 Å². The van der Waals surface area contributed by atoms with E-state index in [9.17, 15) is 5.11 Å². The highest BCUT2D eigenvalue weighted by Gasteiger charge is 2.25. The Morgan fingerprint density at radius 2 is 1.95 bits per heavy atom. The summed E-state index contributed by atoms with van der Waals surface area (Å²) < 4.78 is 0. The number of aliphatic hydroxyl groups excluding tert-OH is 1. The molecule has 0 amide bonds. The van der Waals surface area contributed by atoms with Crippen molar-refractivity contribution in [3.05, 3.63) is 82.6 Å². The molecule has 0 saturated carbocycles. The van der Waals surface area contributed by atoms with E-state index in [0.29, 0.717) is 22.2 Å². The summed E-state index contributed by atoms with van der Waals surface area (Å²) in [6.07, 6.45) is 4.88. The first-order valence-electron chi connectivity index (χ1n) is 6.89. The van der Waals surface area contributed by atoms with Crippen molar-refractivity contribution in [2.24, 2.45) is 0 Å². The van der Waals surface area contributed by atoms with Crippen LogP contribution in [-0.2, 0) is 0 Å². The topological polar surface area (TPSA) is 33.1 Å². The van der Waals surface area contributed by atoms with Gasteiger partial charge in [0, 0.05) is 27.7 Å². The minimum atomic E-state index is -0.765. The Labute approximate surface area is 140 Å². The van der Waals surface area contributed by atoms with E-state index in [1.54, 1.807) is 36.5 Å². The number of rotatable bonds is 6. The van der Waals surface area contributed by atoms with Crippen molar-refractivity contribution >= 4 is 29.3 Å². The molecule has 0 radical (unpaired) electrons. The van der Waals surface area contributed by atoms with Crippen LogP contribution in [0.1, 0.15) is 35.3 Å². The Hall–Kier alpha value is -1.61. The number of hydrogen-bond acceptors (Lipinski definition) is 2. The Kier molecular flexibility index (Phi) is 5.78. The predicted octanol–water partition coefficient (Wildman–Crippen LogP) is 5.42. The zero-order valence-corrected chi connectivity index (χ0v) is 13.6. The van der Waals surface area contributed by atoms with E-state index in [-0.39, 0.29) is 5.92 Å². The highest BCUT2D eigenvalue weighted by Crippen LogP contribution is 2.39. The standard InChI is InChI=1S/C18H17Cl2NO/c1-3-6-14(13-9-8-12(19)11-16(13)20)18(22)15-7-5-10-21-17(15)4-2/h3-5,7-11,14,18,22H,1-2,6H2. The number of allylic oxidation sites excluding steroid dienone is 1. The molecule has 2 nitrogen and oxygen atoms in total. The number of benzene rings is 1. The van der Waals surface area contributed by atoms with Crippen LogP contribution in [0, 0.1) is 0 Å². The number of halogens is 2. The summed E-state index contributed by atoms with van der Waals surface area (Å²) in [7, 11) is 0. The van der Waals surface area contributed by atoms with Crippen LogP contribution in [0.5, 0.6) is 0 Å². The predicted molar refractivity (Wildman–Crippen MR) is 93.3 cm³/mol. The molecular formula is C18H17Cl2NO. The van der Waals surface area contributed by atoms with Gasteiger partial charge in [-0.2, -0.15) is 0 Å². The first kappa shape index (κ1) is 16.8. The smallest absolute Gasteiger partial charge is 0.0882 e. The molecule has 1 heterocycles. The molecule has 22 heavy (non-hydrogen) atoms. The number of aromatic nitrogens is 1. The molecule has 1 aromatic carbocycles. The lowest BCUT2D eigenvalue weighted by atomic mass is 9.86. The van der Waals surface area contributed by atoms with Crippen LogP contribution in [-0.4, -0.2) is 10.1 Å². The number of pyridine rings is 1. The van der Waals surface area contributed by atoms with Crippen molar-refractivity contribution in [3.8, 4) is 0 Å². The molecule has 1 N–H and O–H groups in total. The third kappa shape index (κ3) is 3.58. The molecule has 0 bridgehead atoms. The minimum Gasteiger partial charge on any atom is -0.388 e. The van der Waals surface area contributed by atoms with Gasteiger partial charge in [-0.1, -0.05) is 48.0 Å². The fourth-order valence-corrected chi connectivity index (χ4v) is 3.02. The van der Waals surface area contributed by atoms with E-state index in [2.05, 4.69) is 18.1 Å². The summed E-state index contributed by atoms with van der Waals surface area (Å²) in [5.74, 6) is -0.231. The molecule has 0 saturated heterocycles. The molecule has 0 aliphatic rings. The summed E-state index contributed by atoms with van der Waals surface area (Å²) in [6, 6.07) is 8.92. The number of nitrogens with zero attached hydrogens (tertiary/aromatic N) is 1. The van der Waals surface area contributed by atoms with Gasteiger partial charge in [-0.25, -0.2) is 0 Å². The average Bonchev–Trinajstić information content (AvgIpc) is 2.52. The fourth-order valence-electron chi connectivity index (χ4n) is 2.48. The number of aliphatic hydroxyl groups is 1. The summed E-state index contributed by atoms with van der Waals surface area (Å²) in [5, 5.41) is 11.9. The van der Waals surface area contributed by atoms with E-state index in [1.165, 1.54) is 0 Å². The molecule has 2 rings (SSSR count). The number of hydrogen-bond donors (Lipinski definition) is 1. The zero-order chi connectivity index (χ0) is 16.1. The van der Waals surface area contributed by atoms with Crippen LogP contribution in [0.2, 0.25) is 10.0 Å². The van der Waals surface area contributed by atoms with Gasteiger partial charge in [0.25, 0.3) is 0 Å².